The van der Waals surface area contributed by atoms with E-state index in [0.29, 0.717) is 10.8 Å². The predicted molar refractivity (Wildman–Crippen MR) is 153 cm³/mol. The van der Waals surface area contributed by atoms with E-state index >= 15 is 0 Å². The number of hydrogen-bond acceptors (Lipinski definition) is 6. The van der Waals surface area contributed by atoms with E-state index in [2.05, 4.69) is 10.4 Å². The Labute approximate surface area is 232 Å². The minimum absolute atomic E-state index is 0.271. The normalized spacial score (nSPS) is 24.4. The van der Waals surface area contributed by atoms with Crippen molar-refractivity contribution in [2.24, 2.45) is 16.9 Å². The first-order valence-electron chi connectivity index (χ1n) is 13.1. The molecule has 1 fully saturated rings. The summed E-state index contributed by atoms with van der Waals surface area (Å²) in [6.45, 7) is 0. The fourth-order valence-corrected chi connectivity index (χ4v) is 7.82. The van der Waals surface area contributed by atoms with Gasteiger partial charge in [-0.1, -0.05) is 72.0 Å². The molecule has 5 aromatic rings. The second-order valence-corrected chi connectivity index (χ2v) is 11.4. The van der Waals surface area contributed by atoms with E-state index in [1.165, 1.54) is 40.5 Å². The number of imide groups is 1. The molecule has 2 atom stereocenters. The maximum Gasteiger partial charge on any atom is 0.239 e. The summed E-state index contributed by atoms with van der Waals surface area (Å²) in [5.74, 6) is -2.59. The zero-order valence-electron chi connectivity index (χ0n) is 21.0. The number of nitrogens with zero attached hydrogens (tertiary/aromatic N) is 3. The first kappa shape index (κ1) is 23.2. The lowest BCUT2D eigenvalue weighted by Crippen LogP contribution is -2.54. The van der Waals surface area contributed by atoms with Gasteiger partial charge in [-0.25, -0.2) is 14.3 Å². The summed E-state index contributed by atoms with van der Waals surface area (Å²) < 4.78 is 14.8. The molecule has 0 radical (unpaired) electrons. The van der Waals surface area contributed by atoms with Crippen LogP contribution in [0.1, 0.15) is 28.2 Å². The van der Waals surface area contributed by atoms with Gasteiger partial charge in [-0.05, 0) is 58.7 Å². The van der Waals surface area contributed by atoms with Crippen molar-refractivity contribution in [3.05, 3.63) is 125 Å². The Morgan fingerprint density at radius 3 is 2.20 bits per heavy atom. The van der Waals surface area contributed by atoms with Crippen molar-refractivity contribution >= 4 is 50.4 Å². The van der Waals surface area contributed by atoms with Gasteiger partial charge in [0.05, 0.1) is 33.2 Å². The minimum atomic E-state index is -0.988. The lowest BCUT2D eigenvalue weighted by Gasteiger charge is -2.52. The third kappa shape index (κ3) is 3.02. The van der Waals surface area contributed by atoms with Gasteiger partial charge in [-0.15, -0.1) is 0 Å². The Morgan fingerprint density at radius 1 is 0.850 bits per heavy atom. The molecule has 1 aliphatic heterocycles. The van der Waals surface area contributed by atoms with Gasteiger partial charge >= 0.3 is 0 Å². The van der Waals surface area contributed by atoms with Crippen LogP contribution in [-0.4, -0.2) is 23.0 Å². The molecule has 194 valence electrons. The van der Waals surface area contributed by atoms with E-state index in [0.717, 1.165) is 32.5 Å². The van der Waals surface area contributed by atoms with Gasteiger partial charge in [-0.3, -0.25) is 15.0 Å². The Kier molecular flexibility index (Phi) is 4.88. The SMILES string of the molecule is O=C1[C@@H]2[C@@H](C(=O)N1c1ccc(F)cc1)C1c3ccccc3C2(/C=N\Nc2nc3ccccc3s2)c2ccccc21. The van der Waals surface area contributed by atoms with Crippen molar-refractivity contribution in [1.82, 2.24) is 4.98 Å². The molecular weight excluding hydrogens is 523 g/mol. The van der Waals surface area contributed by atoms with Crippen LogP contribution >= 0.6 is 11.3 Å². The predicted octanol–water partition coefficient (Wildman–Crippen LogP) is 6.08. The van der Waals surface area contributed by atoms with Crippen LogP contribution in [0.4, 0.5) is 15.2 Å². The number of halogens is 1. The average Bonchev–Trinajstić information content (AvgIpc) is 3.52. The summed E-state index contributed by atoms with van der Waals surface area (Å²) in [5.41, 5.74) is 7.35. The number of benzene rings is 4. The van der Waals surface area contributed by atoms with E-state index in [4.69, 9.17) is 5.10 Å². The van der Waals surface area contributed by atoms with Crippen molar-refractivity contribution in [3.63, 3.8) is 0 Å². The molecule has 4 aliphatic rings. The molecule has 0 unspecified atom stereocenters. The van der Waals surface area contributed by atoms with Gasteiger partial charge in [0, 0.05) is 12.1 Å². The van der Waals surface area contributed by atoms with E-state index in [9.17, 15) is 14.0 Å². The molecule has 8 heteroatoms. The number of anilines is 2. The molecule has 9 rings (SSSR count). The lowest BCUT2D eigenvalue weighted by atomic mass is 9.47. The van der Waals surface area contributed by atoms with Crippen molar-refractivity contribution in [1.29, 1.82) is 0 Å². The van der Waals surface area contributed by atoms with E-state index in [-0.39, 0.29) is 17.7 Å². The molecule has 2 bridgehead atoms. The molecule has 0 spiro atoms. The molecule has 40 heavy (non-hydrogen) atoms. The highest BCUT2D eigenvalue weighted by Gasteiger charge is 2.68. The first-order chi connectivity index (χ1) is 19.6. The van der Waals surface area contributed by atoms with Gasteiger partial charge in [0.1, 0.15) is 5.82 Å². The van der Waals surface area contributed by atoms with Crippen LogP contribution in [-0.2, 0) is 15.0 Å². The molecule has 1 saturated heterocycles. The van der Waals surface area contributed by atoms with Crippen molar-refractivity contribution in [3.8, 4) is 0 Å². The number of fused-ring (bicyclic) bond motifs is 1. The topological polar surface area (TPSA) is 74.7 Å². The quantitative estimate of drug-likeness (QED) is 0.169. The van der Waals surface area contributed by atoms with E-state index in [1.54, 1.807) is 6.21 Å². The highest BCUT2D eigenvalue weighted by molar-refractivity contribution is 7.22. The Morgan fingerprint density at radius 2 is 1.50 bits per heavy atom. The minimum Gasteiger partial charge on any atom is -0.274 e. The van der Waals surface area contributed by atoms with Gasteiger partial charge in [0.15, 0.2) is 0 Å². The van der Waals surface area contributed by atoms with Gasteiger partial charge < -0.3 is 0 Å². The molecular formula is C32H21FN4O2S. The van der Waals surface area contributed by atoms with Crippen molar-refractivity contribution < 1.29 is 14.0 Å². The average molecular weight is 545 g/mol. The van der Waals surface area contributed by atoms with Gasteiger partial charge in [0.25, 0.3) is 0 Å². The summed E-state index contributed by atoms with van der Waals surface area (Å²) in [6, 6.07) is 29.4. The van der Waals surface area contributed by atoms with Gasteiger partial charge in [0.2, 0.25) is 16.9 Å². The lowest BCUT2D eigenvalue weighted by molar-refractivity contribution is -0.122. The molecule has 2 heterocycles. The fraction of sp³-hybridized carbons (Fsp3) is 0.125. The second-order valence-electron chi connectivity index (χ2n) is 10.4. The summed E-state index contributed by atoms with van der Waals surface area (Å²) in [6.07, 6.45) is 1.79. The summed E-state index contributed by atoms with van der Waals surface area (Å²) in [5, 5.41) is 5.33. The molecule has 6 nitrogen and oxygen atoms in total. The molecule has 1 aromatic heterocycles. The third-order valence-corrected chi connectivity index (χ3v) is 9.43. The number of carbonyl (C=O) groups excluding carboxylic acids is 2. The van der Waals surface area contributed by atoms with Crippen molar-refractivity contribution in [2.75, 3.05) is 10.3 Å². The standard InChI is InChI=1S/C32H21FN4O2S/c33-18-13-15-19(16-14-18)37-29(38)27-26-20-7-1-3-9-22(20)32(28(27)30(37)39,23-10-4-2-8-21(23)26)17-34-36-31-35-24-11-5-6-12-25(24)40-31/h1-17,26-28H,(H,35,36)/b34-17-/t26?,27-,28-,32?/m0/s1. The fourth-order valence-electron chi connectivity index (χ4n) is 7.00. The molecule has 0 saturated carbocycles. The Balaban J connectivity index is 1.32. The Bertz CT molecular complexity index is 1800. The highest BCUT2D eigenvalue weighted by Crippen LogP contribution is 2.63. The number of rotatable bonds is 4. The zero-order valence-corrected chi connectivity index (χ0v) is 21.8. The van der Waals surface area contributed by atoms with Crippen molar-refractivity contribution in [2.45, 2.75) is 11.3 Å². The van der Waals surface area contributed by atoms with Crippen LogP contribution in [0, 0.1) is 17.7 Å². The number of hydrazone groups is 1. The number of aromatic nitrogens is 1. The molecule has 3 aliphatic carbocycles. The summed E-state index contributed by atoms with van der Waals surface area (Å²) in [4.78, 5) is 34.3. The number of thiazole rings is 1. The Hall–Kier alpha value is -4.69. The number of carbonyl (C=O) groups is 2. The monoisotopic (exact) mass is 544 g/mol. The highest BCUT2D eigenvalue weighted by atomic mass is 32.1. The molecule has 2 amide bonds. The zero-order chi connectivity index (χ0) is 27.0. The van der Waals surface area contributed by atoms with Crippen LogP contribution in [0.15, 0.2) is 102 Å². The summed E-state index contributed by atoms with van der Waals surface area (Å²) in [7, 11) is 0. The number of amides is 2. The van der Waals surface area contributed by atoms with Crippen LogP contribution in [0.2, 0.25) is 0 Å². The third-order valence-electron chi connectivity index (χ3n) is 8.49. The van der Waals surface area contributed by atoms with Gasteiger partial charge in [-0.2, -0.15) is 5.10 Å². The largest absolute Gasteiger partial charge is 0.274 e. The number of nitrogens with one attached hydrogen (secondary N) is 1. The first-order valence-corrected chi connectivity index (χ1v) is 13.9. The van der Waals surface area contributed by atoms with Crippen LogP contribution in [0.25, 0.3) is 10.2 Å². The molecule has 1 N–H and O–H groups in total. The maximum absolute atomic E-state index is 14.3. The number of para-hydroxylation sites is 1. The number of hydrogen-bond donors (Lipinski definition) is 1. The van der Waals surface area contributed by atoms with Crippen LogP contribution in [0.5, 0.6) is 0 Å². The maximum atomic E-state index is 14.3. The summed E-state index contributed by atoms with van der Waals surface area (Å²) >= 11 is 1.49. The van der Waals surface area contributed by atoms with E-state index in [1.807, 2.05) is 72.8 Å². The molecule has 4 aromatic carbocycles. The smallest absolute Gasteiger partial charge is 0.239 e. The second kappa shape index (κ2) is 8.40. The van der Waals surface area contributed by atoms with Crippen LogP contribution < -0.4 is 10.3 Å². The van der Waals surface area contributed by atoms with Crippen LogP contribution in [0.3, 0.4) is 0 Å². The van der Waals surface area contributed by atoms with E-state index < -0.39 is 23.1 Å².